The molecule has 0 aliphatic rings. The van der Waals surface area contributed by atoms with Crippen molar-refractivity contribution in [2.45, 2.75) is 0 Å². The van der Waals surface area contributed by atoms with Crippen LogP contribution in [0.2, 0.25) is 5.28 Å². The van der Waals surface area contributed by atoms with Crippen molar-refractivity contribution in [2.24, 2.45) is 0 Å². The van der Waals surface area contributed by atoms with Gasteiger partial charge in [0, 0.05) is 12.3 Å². The number of ether oxygens (including phenoxy) is 1. The lowest BCUT2D eigenvalue weighted by Crippen LogP contribution is -1.99. The van der Waals surface area contributed by atoms with Crippen molar-refractivity contribution in [2.75, 3.05) is 0 Å². The normalized spacial score (nSPS) is 10.8. The highest BCUT2D eigenvalue weighted by molar-refractivity contribution is 6.28. The summed E-state index contributed by atoms with van der Waals surface area (Å²) in [4.78, 5) is 13.9. The van der Waals surface area contributed by atoms with Crippen molar-refractivity contribution in [3.8, 4) is 11.6 Å². The zero-order valence-electron chi connectivity index (χ0n) is 10.2. The lowest BCUT2D eigenvalue weighted by molar-refractivity contribution is -0.385. The van der Waals surface area contributed by atoms with Crippen molar-refractivity contribution in [1.29, 1.82) is 0 Å². The second-order valence-corrected chi connectivity index (χ2v) is 4.34. The largest absolute Gasteiger partial charge is 0.434 e. The number of non-ortho nitro benzene ring substituents is 1. The maximum Gasteiger partial charge on any atom is 0.273 e. The van der Waals surface area contributed by atoms with Crippen molar-refractivity contribution in [3.05, 3.63) is 57.7 Å². The summed E-state index contributed by atoms with van der Waals surface area (Å²) in [6.45, 7) is 0. The lowest BCUT2D eigenvalue weighted by atomic mass is 10.3. The predicted molar refractivity (Wildman–Crippen MR) is 71.1 cm³/mol. The Kier molecular flexibility index (Phi) is 3.15. The fourth-order valence-corrected chi connectivity index (χ4v) is 1.90. The van der Waals surface area contributed by atoms with Crippen molar-refractivity contribution in [1.82, 2.24) is 14.6 Å². The van der Waals surface area contributed by atoms with Crippen LogP contribution in [0.3, 0.4) is 0 Å². The Morgan fingerprint density at radius 1 is 1.38 bits per heavy atom. The standard InChI is InChI=1S/C12H6ClFN4O3/c13-12-15-11(9-2-1-5-17(9)16-12)21-10-6-7(18(19)20)3-4-8(10)14/h1-6H. The van der Waals surface area contributed by atoms with Gasteiger partial charge in [0.05, 0.1) is 11.0 Å². The molecule has 0 bridgehead atoms. The third kappa shape index (κ3) is 2.48. The van der Waals surface area contributed by atoms with E-state index in [0.29, 0.717) is 5.52 Å². The van der Waals surface area contributed by atoms with Crippen molar-refractivity contribution in [3.63, 3.8) is 0 Å². The van der Waals surface area contributed by atoms with Gasteiger partial charge in [-0.25, -0.2) is 8.91 Å². The molecule has 9 heteroatoms. The molecule has 2 aromatic heterocycles. The minimum Gasteiger partial charge on any atom is -0.434 e. The van der Waals surface area contributed by atoms with Crippen LogP contribution in [0.15, 0.2) is 36.5 Å². The monoisotopic (exact) mass is 308 g/mol. The molecule has 0 atom stereocenters. The van der Waals surface area contributed by atoms with Crippen LogP contribution in [0.25, 0.3) is 5.52 Å². The number of fused-ring (bicyclic) bond motifs is 1. The minimum atomic E-state index is -0.750. The molecule has 0 N–H and O–H groups in total. The van der Waals surface area contributed by atoms with Gasteiger partial charge in [0.25, 0.3) is 5.69 Å². The van der Waals surface area contributed by atoms with E-state index in [9.17, 15) is 14.5 Å². The van der Waals surface area contributed by atoms with E-state index in [1.165, 1.54) is 4.52 Å². The topological polar surface area (TPSA) is 82.6 Å². The van der Waals surface area contributed by atoms with Crippen molar-refractivity contribution < 1.29 is 14.1 Å². The average Bonchev–Trinajstić information content (AvgIpc) is 2.89. The highest BCUT2D eigenvalue weighted by Gasteiger charge is 2.15. The number of nitro groups is 1. The maximum atomic E-state index is 13.7. The smallest absolute Gasteiger partial charge is 0.273 e. The molecule has 7 nitrogen and oxygen atoms in total. The second kappa shape index (κ2) is 4.98. The number of rotatable bonds is 3. The number of halogens is 2. The summed E-state index contributed by atoms with van der Waals surface area (Å²) in [5.41, 5.74) is 0.156. The summed E-state index contributed by atoms with van der Waals surface area (Å²) in [5, 5.41) is 14.5. The highest BCUT2D eigenvalue weighted by Crippen LogP contribution is 2.30. The third-order valence-electron chi connectivity index (χ3n) is 2.66. The Labute approximate surface area is 121 Å². The lowest BCUT2D eigenvalue weighted by Gasteiger charge is -2.07. The molecular weight excluding hydrogens is 303 g/mol. The van der Waals surface area contributed by atoms with Crippen LogP contribution >= 0.6 is 11.6 Å². The maximum absolute atomic E-state index is 13.7. The Bertz CT molecular complexity index is 852. The number of aromatic nitrogens is 3. The molecule has 1 aromatic carbocycles. The fourth-order valence-electron chi connectivity index (χ4n) is 1.74. The molecule has 106 valence electrons. The first kappa shape index (κ1) is 13.3. The fraction of sp³-hybridized carbons (Fsp3) is 0. The van der Waals surface area contributed by atoms with Crippen LogP contribution in [0.1, 0.15) is 0 Å². The molecule has 0 fully saturated rings. The van der Waals surface area contributed by atoms with Gasteiger partial charge in [-0.3, -0.25) is 10.1 Å². The molecule has 0 saturated heterocycles. The molecule has 0 aliphatic heterocycles. The van der Waals surface area contributed by atoms with Gasteiger partial charge in [-0.2, -0.15) is 4.98 Å². The quantitative estimate of drug-likeness (QED) is 0.548. The Balaban J connectivity index is 2.08. The zero-order chi connectivity index (χ0) is 15.0. The molecular formula is C12H6ClFN4O3. The summed E-state index contributed by atoms with van der Waals surface area (Å²) in [7, 11) is 0. The van der Waals surface area contributed by atoms with E-state index in [4.69, 9.17) is 16.3 Å². The van der Waals surface area contributed by atoms with Crippen LogP contribution in [0.4, 0.5) is 10.1 Å². The van der Waals surface area contributed by atoms with E-state index in [2.05, 4.69) is 10.1 Å². The van der Waals surface area contributed by atoms with E-state index in [0.717, 1.165) is 18.2 Å². The molecule has 0 saturated carbocycles. The summed E-state index contributed by atoms with van der Waals surface area (Å²) in [6, 6.07) is 6.29. The van der Waals surface area contributed by atoms with Gasteiger partial charge < -0.3 is 4.74 Å². The Morgan fingerprint density at radius 2 is 2.19 bits per heavy atom. The van der Waals surface area contributed by atoms with Gasteiger partial charge in [0.2, 0.25) is 11.2 Å². The van der Waals surface area contributed by atoms with E-state index in [-0.39, 0.29) is 22.6 Å². The number of nitrogens with zero attached hydrogens (tertiary/aromatic N) is 4. The van der Waals surface area contributed by atoms with Gasteiger partial charge in [-0.05, 0) is 29.8 Å². The SMILES string of the molecule is O=[N+]([O-])c1ccc(F)c(Oc2nc(Cl)nn3cccc23)c1. The molecule has 0 amide bonds. The van der Waals surface area contributed by atoms with Gasteiger partial charge >= 0.3 is 0 Å². The van der Waals surface area contributed by atoms with Crippen LogP contribution in [-0.2, 0) is 0 Å². The first-order valence-electron chi connectivity index (χ1n) is 5.67. The molecule has 0 aliphatic carbocycles. The summed E-state index contributed by atoms with van der Waals surface area (Å²) in [5.74, 6) is -1.07. The van der Waals surface area contributed by atoms with Crippen LogP contribution in [-0.4, -0.2) is 19.5 Å². The third-order valence-corrected chi connectivity index (χ3v) is 2.82. The second-order valence-electron chi connectivity index (χ2n) is 4.00. The van der Waals surface area contributed by atoms with Crippen LogP contribution < -0.4 is 4.74 Å². The predicted octanol–water partition coefficient (Wildman–Crippen LogP) is 3.22. The van der Waals surface area contributed by atoms with E-state index in [1.807, 2.05) is 0 Å². The molecule has 0 spiro atoms. The minimum absolute atomic E-state index is 0.000557. The van der Waals surface area contributed by atoms with Gasteiger partial charge in [0.15, 0.2) is 11.6 Å². The molecule has 3 aromatic rings. The van der Waals surface area contributed by atoms with Gasteiger partial charge in [0.1, 0.15) is 5.52 Å². The van der Waals surface area contributed by atoms with E-state index < -0.39 is 10.7 Å². The molecule has 0 unspecified atom stereocenters. The molecule has 21 heavy (non-hydrogen) atoms. The average molecular weight is 309 g/mol. The number of benzene rings is 1. The summed E-state index contributed by atoms with van der Waals surface area (Å²) < 4.78 is 20.4. The van der Waals surface area contributed by atoms with Crippen LogP contribution in [0, 0.1) is 15.9 Å². The molecule has 3 rings (SSSR count). The zero-order valence-corrected chi connectivity index (χ0v) is 11.0. The first-order chi connectivity index (χ1) is 10.0. The Morgan fingerprint density at radius 3 is 2.95 bits per heavy atom. The first-order valence-corrected chi connectivity index (χ1v) is 6.05. The number of hydrogen-bond acceptors (Lipinski definition) is 5. The number of hydrogen-bond donors (Lipinski definition) is 0. The van der Waals surface area contributed by atoms with Crippen LogP contribution in [0.5, 0.6) is 11.6 Å². The highest BCUT2D eigenvalue weighted by atomic mass is 35.5. The summed E-state index contributed by atoms with van der Waals surface area (Å²) in [6.07, 6.45) is 1.61. The number of nitro benzene ring substituents is 1. The van der Waals surface area contributed by atoms with Gasteiger partial charge in [-0.1, -0.05) is 0 Å². The Hall–Kier alpha value is -2.74. The molecule has 0 radical (unpaired) electrons. The van der Waals surface area contributed by atoms with Crippen molar-refractivity contribution >= 4 is 22.8 Å². The summed E-state index contributed by atoms with van der Waals surface area (Å²) >= 11 is 5.74. The van der Waals surface area contributed by atoms with E-state index >= 15 is 0 Å². The molecule has 2 heterocycles. The van der Waals surface area contributed by atoms with Gasteiger partial charge in [-0.15, -0.1) is 5.10 Å². The van der Waals surface area contributed by atoms with E-state index in [1.54, 1.807) is 18.3 Å².